The van der Waals surface area contributed by atoms with Crippen LogP contribution in [-0.4, -0.2) is 28.5 Å². The number of aromatic nitrogens is 2. The van der Waals surface area contributed by atoms with Crippen LogP contribution in [0.4, 0.5) is 8.78 Å². The number of nitrogens with one attached hydrogen (secondary N) is 1. The maximum atomic E-state index is 13.2. The fourth-order valence-corrected chi connectivity index (χ4v) is 3.52. The molecule has 1 aromatic heterocycles. The summed E-state index contributed by atoms with van der Waals surface area (Å²) in [5.41, 5.74) is 2.93. The van der Waals surface area contributed by atoms with Gasteiger partial charge in [0, 0.05) is 42.1 Å². The van der Waals surface area contributed by atoms with E-state index in [4.69, 9.17) is 16.3 Å². The van der Waals surface area contributed by atoms with Gasteiger partial charge in [-0.2, -0.15) is 0 Å². The number of amides is 1. The standard InChI is InChI=1S/C22H16ClF2N3O2/c23-20-7-14(16-9-26-12-27-10-16)5-15-6-19(30-22(15)20)11-28-21(29)2-1-13-3-17(24)8-18(25)4-13/h1-5,7-10,12,19H,6,11H2,(H,28,29)/b2-1+. The van der Waals surface area contributed by atoms with E-state index >= 15 is 0 Å². The highest BCUT2D eigenvalue weighted by Gasteiger charge is 2.26. The lowest BCUT2D eigenvalue weighted by Gasteiger charge is -2.11. The Morgan fingerprint density at radius 3 is 2.60 bits per heavy atom. The van der Waals surface area contributed by atoms with Crippen LogP contribution in [0.3, 0.4) is 0 Å². The molecule has 0 radical (unpaired) electrons. The molecule has 2 heterocycles. The van der Waals surface area contributed by atoms with Crippen LogP contribution >= 0.6 is 11.6 Å². The summed E-state index contributed by atoms with van der Waals surface area (Å²) in [6.45, 7) is 0.259. The van der Waals surface area contributed by atoms with E-state index in [1.807, 2.05) is 6.07 Å². The molecule has 5 nitrogen and oxygen atoms in total. The molecule has 0 saturated carbocycles. The van der Waals surface area contributed by atoms with Crippen molar-refractivity contribution in [2.45, 2.75) is 12.5 Å². The third kappa shape index (κ3) is 4.63. The van der Waals surface area contributed by atoms with Crippen molar-refractivity contribution in [3.63, 3.8) is 0 Å². The number of nitrogens with zero attached hydrogens (tertiary/aromatic N) is 2. The van der Waals surface area contributed by atoms with E-state index < -0.39 is 17.5 Å². The van der Waals surface area contributed by atoms with Gasteiger partial charge in [-0.15, -0.1) is 0 Å². The minimum Gasteiger partial charge on any atom is -0.486 e. The number of hydrogen-bond donors (Lipinski definition) is 1. The van der Waals surface area contributed by atoms with E-state index in [2.05, 4.69) is 15.3 Å². The molecule has 1 N–H and O–H groups in total. The monoisotopic (exact) mass is 427 g/mol. The Hall–Kier alpha value is -3.32. The Morgan fingerprint density at radius 2 is 1.87 bits per heavy atom. The first kappa shape index (κ1) is 20.0. The second-order valence-corrected chi connectivity index (χ2v) is 7.21. The van der Waals surface area contributed by atoms with Gasteiger partial charge in [0.1, 0.15) is 29.8 Å². The van der Waals surface area contributed by atoms with Crippen LogP contribution < -0.4 is 10.1 Å². The lowest BCUT2D eigenvalue weighted by atomic mass is 10.0. The van der Waals surface area contributed by atoms with Gasteiger partial charge in [-0.25, -0.2) is 18.7 Å². The Bertz CT molecular complexity index is 1100. The van der Waals surface area contributed by atoms with E-state index in [0.717, 1.165) is 34.9 Å². The third-order valence-corrected chi connectivity index (χ3v) is 4.84. The molecule has 8 heteroatoms. The van der Waals surface area contributed by atoms with E-state index in [0.29, 0.717) is 17.2 Å². The van der Waals surface area contributed by atoms with Gasteiger partial charge >= 0.3 is 0 Å². The van der Waals surface area contributed by atoms with E-state index in [9.17, 15) is 13.6 Å². The van der Waals surface area contributed by atoms with Crippen LogP contribution in [0.5, 0.6) is 5.75 Å². The summed E-state index contributed by atoms with van der Waals surface area (Å²) < 4.78 is 32.3. The van der Waals surface area contributed by atoms with Gasteiger partial charge in [0.15, 0.2) is 0 Å². The number of benzene rings is 2. The number of hydrogen-bond acceptors (Lipinski definition) is 4. The first-order valence-electron chi connectivity index (χ1n) is 9.14. The SMILES string of the molecule is O=C(/C=C/c1cc(F)cc(F)c1)NCC1Cc2cc(-c3cncnc3)cc(Cl)c2O1. The normalized spacial score (nSPS) is 15.1. The van der Waals surface area contributed by atoms with E-state index in [1.54, 1.807) is 18.5 Å². The number of carbonyl (C=O) groups is 1. The van der Waals surface area contributed by atoms with Crippen molar-refractivity contribution < 1.29 is 18.3 Å². The first-order chi connectivity index (χ1) is 14.5. The lowest BCUT2D eigenvalue weighted by molar-refractivity contribution is -0.116. The van der Waals surface area contributed by atoms with Gasteiger partial charge in [0.25, 0.3) is 0 Å². The molecule has 0 saturated heterocycles. The summed E-state index contributed by atoms with van der Waals surface area (Å²) >= 11 is 6.37. The van der Waals surface area contributed by atoms with Gasteiger partial charge < -0.3 is 10.1 Å². The molecule has 2 aromatic carbocycles. The highest BCUT2D eigenvalue weighted by atomic mass is 35.5. The highest BCUT2D eigenvalue weighted by Crippen LogP contribution is 2.39. The average molecular weight is 428 g/mol. The Kier molecular flexibility index (Phi) is 5.72. The molecule has 1 amide bonds. The molecule has 3 aromatic rings. The predicted octanol–water partition coefficient (Wildman–Crippen LogP) is 4.21. The van der Waals surface area contributed by atoms with Crippen molar-refractivity contribution in [1.29, 1.82) is 0 Å². The Labute approximate surface area is 176 Å². The minimum atomic E-state index is -0.703. The summed E-state index contributed by atoms with van der Waals surface area (Å²) in [5.74, 6) is -1.20. The number of halogens is 3. The zero-order valence-electron chi connectivity index (χ0n) is 15.6. The zero-order valence-corrected chi connectivity index (χ0v) is 16.4. The average Bonchev–Trinajstić information content (AvgIpc) is 3.14. The molecule has 1 unspecified atom stereocenters. The summed E-state index contributed by atoms with van der Waals surface area (Å²) in [5, 5.41) is 3.20. The Balaban J connectivity index is 1.37. The van der Waals surface area contributed by atoms with Crippen molar-refractivity contribution in [3.8, 4) is 16.9 Å². The lowest BCUT2D eigenvalue weighted by Crippen LogP contribution is -2.33. The molecular weight excluding hydrogens is 412 g/mol. The van der Waals surface area contributed by atoms with E-state index in [1.165, 1.54) is 18.5 Å². The second-order valence-electron chi connectivity index (χ2n) is 6.80. The molecule has 0 bridgehead atoms. The maximum Gasteiger partial charge on any atom is 0.244 e. The Morgan fingerprint density at radius 1 is 1.13 bits per heavy atom. The molecule has 4 rings (SSSR count). The van der Waals surface area contributed by atoms with Crippen LogP contribution in [-0.2, 0) is 11.2 Å². The molecule has 0 aliphatic carbocycles. The van der Waals surface area contributed by atoms with Crippen LogP contribution in [0.25, 0.3) is 17.2 Å². The van der Waals surface area contributed by atoms with Crippen molar-refractivity contribution in [3.05, 3.63) is 82.9 Å². The van der Waals surface area contributed by atoms with Crippen LogP contribution in [0.2, 0.25) is 5.02 Å². The van der Waals surface area contributed by atoms with Gasteiger partial charge in [-0.1, -0.05) is 11.6 Å². The van der Waals surface area contributed by atoms with Crippen LogP contribution in [0.15, 0.2) is 55.1 Å². The number of ether oxygens (including phenoxy) is 1. The summed E-state index contributed by atoms with van der Waals surface area (Å²) in [4.78, 5) is 20.1. The van der Waals surface area contributed by atoms with Crippen molar-refractivity contribution >= 4 is 23.6 Å². The topological polar surface area (TPSA) is 64.1 Å². The maximum absolute atomic E-state index is 13.2. The number of rotatable bonds is 5. The smallest absolute Gasteiger partial charge is 0.244 e. The summed E-state index contributed by atoms with van der Waals surface area (Å²) in [6.07, 6.45) is 7.73. The quantitative estimate of drug-likeness (QED) is 0.619. The molecule has 1 aliphatic heterocycles. The largest absolute Gasteiger partial charge is 0.486 e. The van der Waals surface area contributed by atoms with Crippen LogP contribution in [0, 0.1) is 11.6 Å². The molecule has 1 aliphatic rings. The second kappa shape index (κ2) is 8.59. The van der Waals surface area contributed by atoms with Crippen molar-refractivity contribution in [1.82, 2.24) is 15.3 Å². The first-order valence-corrected chi connectivity index (χ1v) is 9.52. The van der Waals surface area contributed by atoms with Gasteiger partial charge in [0.05, 0.1) is 11.6 Å². The predicted molar refractivity (Wildman–Crippen MR) is 109 cm³/mol. The van der Waals surface area contributed by atoms with E-state index in [-0.39, 0.29) is 18.2 Å². The number of carbonyl (C=O) groups excluding carboxylic acids is 1. The molecule has 152 valence electrons. The van der Waals surface area contributed by atoms with Gasteiger partial charge in [0.2, 0.25) is 5.91 Å². The van der Waals surface area contributed by atoms with Crippen molar-refractivity contribution in [2.75, 3.05) is 6.54 Å². The molecular formula is C22H16ClF2N3O2. The highest BCUT2D eigenvalue weighted by molar-refractivity contribution is 6.32. The van der Waals surface area contributed by atoms with Crippen LogP contribution in [0.1, 0.15) is 11.1 Å². The summed E-state index contributed by atoms with van der Waals surface area (Å²) in [6, 6.07) is 6.82. The summed E-state index contributed by atoms with van der Waals surface area (Å²) in [7, 11) is 0. The molecule has 30 heavy (non-hydrogen) atoms. The zero-order chi connectivity index (χ0) is 21.1. The molecule has 0 spiro atoms. The van der Waals surface area contributed by atoms with Gasteiger partial charge in [-0.05, 0) is 41.5 Å². The fourth-order valence-electron chi connectivity index (χ4n) is 3.23. The number of fused-ring (bicyclic) bond motifs is 1. The minimum absolute atomic E-state index is 0.259. The fraction of sp³-hybridized carbons (Fsp3) is 0.136. The van der Waals surface area contributed by atoms with Crippen molar-refractivity contribution in [2.24, 2.45) is 0 Å². The third-order valence-electron chi connectivity index (χ3n) is 4.56. The molecule has 1 atom stereocenters. The molecule has 0 fully saturated rings. The van der Waals surface area contributed by atoms with Gasteiger partial charge in [-0.3, -0.25) is 4.79 Å².